The average molecular weight is 531 g/mol. The maximum absolute atomic E-state index is 8.55. The van der Waals surface area contributed by atoms with Crippen molar-refractivity contribution in [3.8, 4) is 11.3 Å². The Labute approximate surface area is 203 Å². The van der Waals surface area contributed by atoms with Crippen LogP contribution in [-0.2, 0) is 19.2 Å². The van der Waals surface area contributed by atoms with Gasteiger partial charge in [0.15, 0.2) is 4.67 Å². The molecule has 2 N–H and O–H groups in total. The lowest BCUT2D eigenvalue weighted by Gasteiger charge is -1.93. The molecular weight excluding hydrogens is 511 g/mol. The van der Waals surface area contributed by atoms with Gasteiger partial charge in [0.25, 0.3) is 0 Å². The normalized spacial score (nSPS) is 8.38. The highest BCUT2D eigenvalue weighted by atomic mass is 79.9. The van der Waals surface area contributed by atoms with Crippen molar-refractivity contribution in [2.75, 3.05) is 0 Å². The van der Waals surface area contributed by atoms with E-state index >= 15 is 0 Å². The minimum absolute atomic E-state index is 0.250. The summed E-state index contributed by atoms with van der Waals surface area (Å²) >= 11 is 3.17. The molecule has 0 bridgehead atoms. The van der Waals surface area contributed by atoms with Crippen LogP contribution in [0.2, 0.25) is 0 Å². The van der Waals surface area contributed by atoms with Crippen LogP contribution < -0.4 is 5.46 Å². The number of aromatic nitrogens is 2. The molecule has 0 saturated heterocycles. The van der Waals surface area contributed by atoms with E-state index in [-0.39, 0.29) is 12.3 Å². The van der Waals surface area contributed by atoms with Crippen LogP contribution in [0.1, 0.15) is 11.5 Å². The maximum atomic E-state index is 8.55. The van der Waals surface area contributed by atoms with E-state index < -0.39 is 7.12 Å². The van der Waals surface area contributed by atoms with Gasteiger partial charge in [-0.25, -0.2) is 0 Å². The van der Waals surface area contributed by atoms with Crippen LogP contribution in [0.4, 0.5) is 0 Å². The van der Waals surface area contributed by atoms with Gasteiger partial charge in [-0.15, -0.1) is 0 Å². The molecule has 0 amide bonds. The second-order valence-corrected chi connectivity index (χ2v) is 6.60. The number of hydrogen-bond acceptors (Lipinski definition) is 10. The third-order valence-electron chi connectivity index (χ3n) is 3.42. The highest BCUT2D eigenvalue weighted by Gasteiger charge is 2.07. The Morgan fingerprint density at radius 2 is 1.18 bits per heavy atom. The zero-order valence-corrected chi connectivity index (χ0v) is 19.7. The molecule has 4 rings (SSSR count). The molecule has 0 aromatic carbocycles. The van der Waals surface area contributed by atoms with E-state index in [4.69, 9.17) is 38.1 Å². The van der Waals surface area contributed by atoms with Crippen molar-refractivity contribution in [3.63, 3.8) is 0 Å². The molecule has 4 aromatic rings. The second-order valence-electron chi connectivity index (χ2n) is 5.82. The fourth-order valence-corrected chi connectivity index (χ4v) is 2.43. The van der Waals surface area contributed by atoms with Crippen molar-refractivity contribution in [2.24, 2.45) is 0 Å². The van der Waals surface area contributed by atoms with Crippen LogP contribution in [0.5, 0.6) is 0 Å². The minimum atomic E-state index is -1.38. The lowest BCUT2D eigenvalue weighted by atomic mass is 9.81. The summed E-state index contributed by atoms with van der Waals surface area (Å²) in [6.07, 6.45) is 7.03. The van der Waals surface area contributed by atoms with Gasteiger partial charge in [-0.2, -0.15) is 19.2 Å². The van der Waals surface area contributed by atoms with Gasteiger partial charge in [0.2, 0.25) is 0 Å². The molecule has 0 aliphatic heterocycles. The van der Waals surface area contributed by atoms with Crippen LogP contribution in [0.3, 0.4) is 0 Å². The first-order valence-electron chi connectivity index (χ1n) is 9.22. The Hall–Kier alpha value is -3.92. The minimum Gasteiger partial charge on any atom is -0.461 e. The van der Waals surface area contributed by atoms with Gasteiger partial charge in [-0.1, -0.05) is 0 Å². The van der Waals surface area contributed by atoms with E-state index in [0.717, 1.165) is 27.5 Å². The van der Waals surface area contributed by atoms with E-state index in [9.17, 15) is 0 Å². The van der Waals surface area contributed by atoms with E-state index in [2.05, 4.69) is 25.9 Å². The number of rotatable bonds is 2. The number of halogens is 1. The monoisotopic (exact) mass is 530 g/mol. The molecule has 0 aliphatic rings. The zero-order valence-electron chi connectivity index (χ0n) is 18.1. The summed E-state index contributed by atoms with van der Waals surface area (Å²) in [5.74, 6) is 2.77. The quantitative estimate of drug-likeness (QED) is 0.368. The van der Waals surface area contributed by atoms with Crippen LogP contribution in [0.25, 0.3) is 11.3 Å². The molecule has 0 atom stereocenters. The molecule has 0 saturated carbocycles. The highest BCUT2D eigenvalue weighted by Crippen LogP contribution is 2.20. The Morgan fingerprint density at radius 1 is 0.735 bits per heavy atom. The smallest absolute Gasteiger partial charge is 0.461 e. The summed E-state index contributed by atoms with van der Waals surface area (Å²) in [5.41, 5.74) is 1.53. The first-order valence-corrected chi connectivity index (χ1v) is 10.0. The first-order chi connectivity index (χ1) is 16.3. The van der Waals surface area contributed by atoms with Crippen molar-refractivity contribution >= 4 is 40.8 Å². The lowest BCUT2D eigenvalue weighted by Crippen LogP contribution is -2.29. The van der Waals surface area contributed by atoms with Crippen LogP contribution >= 0.6 is 15.9 Å². The van der Waals surface area contributed by atoms with Crippen molar-refractivity contribution in [1.29, 1.82) is 0 Å². The summed E-state index contributed by atoms with van der Waals surface area (Å²) in [6.45, 7) is 3.84. The Balaban J connectivity index is 0.000000442. The molecule has 0 radical (unpaired) electrons. The Bertz CT molecular complexity index is 1090. The van der Waals surface area contributed by atoms with Gasteiger partial charge < -0.3 is 18.9 Å². The number of aryl methyl sites for hydroxylation is 2. The molecule has 176 valence electrons. The molecule has 0 spiro atoms. The molecule has 4 heterocycles. The van der Waals surface area contributed by atoms with Crippen molar-refractivity contribution in [1.82, 2.24) is 9.97 Å². The predicted octanol–water partition coefficient (Wildman–Crippen LogP) is 2.59. The Morgan fingerprint density at radius 3 is 1.47 bits per heavy atom. The van der Waals surface area contributed by atoms with Crippen molar-refractivity contribution in [2.45, 2.75) is 13.8 Å². The average Bonchev–Trinajstić information content (AvgIpc) is 3.44. The van der Waals surface area contributed by atoms with Gasteiger partial charge in [-0.3, -0.25) is 9.97 Å². The van der Waals surface area contributed by atoms with E-state index in [0.29, 0.717) is 5.46 Å². The summed E-state index contributed by atoms with van der Waals surface area (Å²) < 4.78 is 11.2. The highest BCUT2D eigenvalue weighted by molar-refractivity contribution is 9.10. The molecule has 0 aliphatic carbocycles. The summed E-state index contributed by atoms with van der Waals surface area (Å²) in [7, 11) is -1.38. The molecule has 0 fully saturated rings. The third-order valence-corrected chi connectivity index (χ3v) is 3.84. The maximum Gasteiger partial charge on any atom is 0.488 e. The largest absolute Gasteiger partial charge is 0.488 e. The van der Waals surface area contributed by atoms with E-state index in [1.165, 1.54) is 12.4 Å². The zero-order chi connectivity index (χ0) is 25.8. The SMILES string of the molecule is Cc1ccc(-c2ccncc2)o1.Cc1ccc(Br)o1.O=C=O.O=C=O.OB(O)c1ccncc1. The van der Waals surface area contributed by atoms with Gasteiger partial charge in [0.05, 0.1) is 0 Å². The van der Waals surface area contributed by atoms with Gasteiger partial charge in [0, 0.05) is 30.4 Å². The second kappa shape index (κ2) is 18.6. The molecule has 0 unspecified atom stereocenters. The van der Waals surface area contributed by atoms with Gasteiger partial charge >= 0.3 is 19.4 Å². The van der Waals surface area contributed by atoms with Crippen molar-refractivity contribution in [3.05, 3.63) is 89.5 Å². The Kier molecular flexibility index (Phi) is 16.5. The number of carbonyl (C=O) groups excluding carboxylic acids is 4. The number of hydrogen-bond donors (Lipinski definition) is 2. The summed E-state index contributed by atoms with van der Waals surface area (Å²) in [6, 6.07) is 14.6. The topological polar surface area (TPSA) is 161 Å². The number of furan rings is 2. The molecule has 12 heteroatoms. The molecule has 10 nitrogen and oxygen atoms in total. The van der Waals surface area contributed by atoms with Crippen LogP contribution in [0, 0.1) is 13.8 Å². The van der Waals surface area contributed by atoms with Gasteiger partial charge in [0.1, 0.15) is 17.3 Å². The molecule has 34 heavy (non-hydrogen) atoms. The first kappa shape index (κ1) is 30.1. The van der Waals surface area contributed by atoms with Gasteiger partial charge in [-0.05, 0) is 83.8 Å². The fraction of sp³-hybridized carbons (Fsp3) is 0.0909. The third kappa shape index (κ3) is 14.2. The summed E-state index contributed by atoms with van der Waals surface area (Å²) in [5, 5.41) is 17.1. The van der Waals surface area contributed by atoms with Crippen molar-refractivity contribution < 1.29 is 38.1 Å². The lowest BCUT2D eigenvalue weighted by molar-refractivity contribution is -0.193. The van der Waals surface area contributed by atoms with Crippen LogP contribution in [0.15, 0.2) is 86.8 Å². The fourth-order valence-electron chi connectivity index (χ4n) is 2.05. The number of nitrogens with zero attached hydrogens (tertiary/aromatic N) is 2. The molecule has 4 aromatic heterocycles. The standard InChI is InChI=1S/C10H9NO.C5H6BNO2.C5H5BrO.2CO2/c1-8-2-3-10(12-8)9-4-6-11-7-5-9;8-6(9)5-1-3-7-4-2-5;1-4-2-3-5(6)7-4;2*2-1-3/h2-7H,1H3;1-4,8-9H;2-3H,1H3;;. The van der Waals surface area contributed by atoms with E-state index in [1.807, 2.05) is 50.2 Å². The molecular formula is C22H20BBrN2O8. The summed E-state index contributed by atoms with van der Waals surface area (Å²) in [4.78, 5) is 40.1. The van der Waals surface area contributed by atoms with E-state index in [1.54, 1.807) is 24.5 Å². The predicted molar refractivity (Wildman–Crippen MR) is 122 cm³/mol. The number of pyridine rings is 2. The van der Waals surface area contributed by atoms with Crippen LogP contribution in [-0.4, -0.2) is 39.4 Å².